The fraction of sp³-hybridized carbons (Fsp3) is 0.413. The fourth-order valence-corrected chi connectivity index (χ4v) is 11.6. The number of halogens is 3. The molecule has 2 aromatic carbocycles. The Bertz CT molecular complexity index is 2970. The third-order valence-corrected chi connectivity index (χ3v) is 15.7. The van der Waals surface area contributed by atoms with Gasteiger partial charge >= 0.3 is 10.2 Å². The number of ketones is 1. The zero-order valence-electron chi connectivity index (χ0n) is 36.2. The smallest absolute Gasteiger partial charge is 0.301 e. The lowest BCUT2D eigenvalue weighted by Crippen LogP contribution is -2.56. The molecule has 11 rings (SSSR count). The molecule has 0 spiro atoms. The Labute approximate surface area is 382 Å². The molecule has 1 unspecified atom stereocenters. The Kier molecular flexibility index (Phi) is 10.7. The number of rotatable bonds is 12. The molecule has 21 heteroatoms. The number of carbonyl (C=O) groups is 4. The van der Waals surface area contributed by atoms with E-state index in [0.717, 1.165) is 92.2 Å². The summed E-state index contributed by atoms with van der Waals surface area (Å²) in [7, 11) is -4.37. The minimum absolute atomic E-state index is 0.00337. The normalized spacial score (nSPS) is 22.6. The van der Waals surface area contributed by atoms with Crippen LogP contribution in [-0.4, -0.2) is 142 Å². The Morgan fingerprint density at radius 1 is 0.896 bits per heavy atom. The van der Waals surface area contributed by atoms with E-state index in [1.165, 1.54) is 6.20 Å². The molecular formula is C46H46F3N11O6S. The van der Waals surface area contributed by atoms with Gasteiger partial charge in [0.05, 0.1) is 16.8 Å². The molecule has 3 N–H and O–H groups in total. The van der Waals surface area contributed by atoms with Crippen molar-refractivity contribution < 1.29 is 40.8 Å². The summed E-state index contributed by atoms with van der Waals surface area (Å²) < 4.78 is 73.2. The molecule has 0 bridgehead atoms. The van der Waals surface area contributed by atoms with Gasteiger partial charge in [-0.1, -0.05) is 0 Å². The quantitative estimate of drug-likeness (QED) is 0.121. The first-order valence-electron chi connectivity index (χ1n) is 22.5. The summed E-state index contributed by atoms with van der Waals surface area (Å²) in [6.45, 7) is 6.27. The molecule has 17 nitrogen and oxygen atoms in total. The van der Waals surface area contributed by atoms with Gasteiger partial charge in [-0.05, 0) is 67.6 Å². The number of nitrogens with one attached hydrogen (secondary N) is 3. The summed E-state index contributed by atoms with van der Waals surface area (Å²) in [6, 6.07) is 8.60. The first kappa shape index (κ1) is 43.3. The van der Waals surface area contributed by atoms with Crippen LogP contribution in [0.2, 0.25) is 0 Å². The molecule has 2 atom stereocenters. The number of imide groups is 1. The Morgan fingerprint density at radius 2 is 1.66 bits per heavy atom. The summed E-state index contributed by atoms with van der Waals surface area (Å²) in [5.41, 5.74) is 2.15. The zero-order chi connectivity index (χ0) is 46.4. The third-order valence-electron chi connectivity index (χ3n) is 14.2. The van der Waals surface area contributed by atoms with Crippen molar-refractivity contribution in [3.8, 4) is 11.1 Å². The van der Waals surface area contributed by atoms with Crippen LogP contribution in [0.5, 0.6) is 0 Å². The molecule has 1 aliphatic carbocycles. The van der Waals surface area contributed by atoms with Gasteiger partial charge in [-0.15, -0.1) is 0 Å². The van der Waals surface area contributed by atoms with E-state index in [-0.39, 0.29) is 47.7 Å². The second-order valence-electron chi connectivity index (χ2n) is 18.4. The molecule has 67 heavy (non-hydrogen) atoms. The number of nitrogens with zero attached hydrogens (tertiary/aromatic N) is 8. The molecule has 3 amide bonds. The number of hydrogen-bond donors (Lipinski definition) is 3. The number of aromatic nitrogens is 4. The van der Waals surface area contributed by atoms with Crippen molar-refractivity contribution in [1.82, 2.24) is 44.3 Å². The highest BCUT2D eigenvalue weighted by atomic mass is 32.2. The van der Waals surface area contributed by atoms with Crippen LogP contribution in [0, 0.1) is 17.6 Å². The number of aromatic amines is 1. The molecule has 5 fully saturated rings. The predicted molar refractivity (Wildman–Crippen MR) is 238 cm³/mol. The molecule has 3 aromatic heterocycles. The molecule has 8 heterocycles. The van der Waals surface area contributed by atoms with Crippen LogP contribution in [0.3, 0.4) is 0 Å². The van der Waals surface area contributed by atoms with Gasteiger partial charge in [0.15, 0.2) is 5.82 Å². The van der Waals surface area contributed by atoms with Crippen LogP contribution < -0.4 is 14.9 Å². The van der Waals surface area contributed by atoms with Gasteiger partial charge in [-0.3, -0.25) is 34.1 Å². The molecule has 348 valence electrons. The molecular weight excluding hydrogens is 892 g/mol. The van der Waals surface area contributed by atoms with Gasteiger partial charge in [0.2, 0.25) is 17.6 Å². The van der Waals surface area contributed by atoms with Crippen molar-refractivity contribution in [3.63, 3.8) is 0 Å². The van der Waals surface area contributed by atoms with Gasteiger partial charge < -0.3 is 19.7 Å². The number of H-pyrrole nitrogens is 1. The van der Waals surface area contributed by atoms with E-state index in [9.17, 15) is 32.0 Å². The lowest BCUT2D eigenvalue weighted by molar-refractivity contribution is -0.136. The van der Waals surface area contributed by atoms with E-state index in [1.807, 2.05) is 16.9 Å². The molecule has 0 radical (unpaired) electrons. The fourth-order valence-electron chi connectivity index (χ4n) is 10.3. The largest absolute Gasteiger partial charge is 0.371 e. The van der Waals surface area contributed by atoms with Crippen molar-refractivity contribution in [1.29, 1.82) is 0 Å². The second kappa shape index (κ2) is 16.5. The number of piperazine rings is 1. The van der Waals surface area contributed by atoms with Crippen LogP contribution in [0.25, 0.3) is 22.2 Å². The van der Waals surface area contributed by atoms with E-state index < -0.39 is 63.5 Å². The van der Waals surface area contributed by atoms with Gasteiger partial charge in [0, 0.05) is 136 Å². The standard InChI is InChI=1S/C46H46F3N11O6S/c47-30-7-10-59(25-30)67(65,66)55-36-4-3-35(48)39(40(36)49)41(62)34-20-51-42-33(34)16-27(17-50-42)29-18-52-45(53-19-29)46(8-9-46)58-13-11-56(12-14-58)21-26-22-57(23-26)31-1-2-32-28(15-31)24-60(44(32)64)37-5-6-38(61)54-43(37)63/h1-4,15-20,26,30,37,55H,5-14,21-25H2,(H,50,51)(H,54,61,63)/t30?,37-/m0/s1. The zero-order valence-corrected chi connectivity index (χ0v) is 37.0. The highest BCUT2D eigenvalue weighted by Crippen LogP contribution is 2.50. The van der Waals surface area contributed by atoms with Gasteiger partial charge in [-0.25, -0.2) is 28.1 Å². The van der Waals surface area contributed by atoms with Crippen LogP contribution in [-0.2, 0) is 31.9 Å². The van der Waals surface area contributed by atoms with E-state index in [2.05, 4.69) is 36.1 Å². The van der Waals surface area contributed by atoms with Crippen molar-refractivity contribution in [2.45, 2.75) is 56.4 Å². The number of anilines is 2. The average molecular weight is 938 g/mol. The maximum atomic E-state index is 15.8. The van der Waals surface area contributed by atoms with Crippen LogP contribution in [0.1, 0.15) is 69.8 Å². The molecule has 6 aliphatic rings. The third kappa shape index (κ3) is 7.80. The summed E-state index contributed by atoms with van der Waals surface area (Å²) in [5, 5.41) is 2.64. The molecule has 5 aliphatic heterocycles. The summed E-state index contributed by atoms with van der Waals surface area (Å²) in [4.78, 5) is 76.9. The number of alkyl halides is 1. The van der Waals surface area contributed by atoms with Crippen LogP contribution in [0.4, 0.5) is 24.5 Å². The minimum atomic E-state index is -4.37. The number of carbonyl (C=O) groups excluding carboxylic acids is 4. The molecule has 5 aromatic rings. The van der Waals surface area contributed by atoms with E-state index in [1.54, 1.807) is 29.6 Å². The van der Waals surface area contributed by atoms with E-state index >= 15 is 8.78 Å². The maximum absolute atomic E-state index is 15.8. The number of piperidine rings is 1. The summed E-state index contributed by atoms with van der Waals surface area (Å²) in [5.74, 6) is -3.25. The minimum Gasteiger partial charge on any atom is -0.371 e. The Morgan fingerprint density at radius 3 is 2.37 bits per heavy atom. The lowest BCUT2D eigenvalue weighted by Gasteiger charge is -2.45. The van der Waals surface area contributed by atoms with Gasteiger partial charge in [-0.2, -0.15) is 12.7 Å². The van der Waals surface area contributed by atoms with Crippen molar-refractivity contribution in [2.75, 3.05) is 68.5 Å². The molecule has 4 saturated heterocycles. The van der Waals surface area contributed by atoms with Gasteiger partial charge in [0.25, 0.3) is 5.91 Å². The van der Waals surface area contributed by atoms with Gasteiger partial charge in [0.1, 0.15) is 29.5 Å². The number of benzene rings is 2. The first-order chi connectivity index (χ1) is 32.2. The number of hydrogen-bond acceptors (Lipinski definition) is 12. The average Bonchev–Trinajstić information content (AvgIpc) is 3.62. The number of fused-ring (bicyclic) bond motifs is 2. The maximum Gasteiger partial charge on any atom is 0.301 e. The number of pyridine rings is 1. The summed E-state index contributed by atoms with van der Waals surface area (Å²) >= 11 is 0. The highest BCUT2D eigenvalue weighted by Gasteiger charge is 2.52. The van der Waals surface area contributed by atoms with Crippen molar-refractivity contribution in [2.24, 2.45) is 5.92 Å². The summed E-state index contributed by atoms with van der Waals surface area (Å²) in [6.07, 6.45) is 7.39. The van der Waals surface area contributed by atoms with E-state index in [4.69, 9.17) is 9.97 Å². The Balaban J connectivity index is 0.701. The predicted octanol–water partition coefficient (Wildman–Crippen LogP) is 3.73. The molecule has 1 saturated carbocycles. The second-order valence-corrected chi connectivity index (χ2v) is 20.1. The van der Waals surface area contributed by atoms with Crippen LogP contribution >= 0.6 is 0 Å². The SMILES string of the molecule is O=C1CC[C@H](N2Cc3cc(N4CC(CN5CCN(C6(c7ncc(-c8cnc9[nH]cc(C(=O)c%10c(F)ccc(NS(=O)(=O)N%11CCC(F)C%11)c%10F)c9c8)cn7)CC6)CC5)C4)ccc3C2=O)C(=O)N1. The van der Waals surface area contributed by atoms with Crippen molar-refractivity contribution in [3.05, 3.63) is 101 Å². The lowest BCUT2D eigenvalue weighted by atomic mass is 9.97. The van der Waals surface area contributed by atoms with Crippen molar-refractivity contribution >= 4 is 56.1 Å². The topological polar surface area (TPSA) is 197 Å². The highest BCUT2D eigenvalue weighted by molar-refractivity contribution is 7.90. The monoisotopic (exact) mass is 937 g/mol. The first-order valence-corrected chi connectivity index (χ1v) is 23.9. The van der Waals surface area contributed by atoms with Crippen LogP contribution in [0.15, 0.2) is 61.2 Å². The van der Waals surface area contributed by atoms with E-state index in [0.29, 0.717) is 41.2 Å². The Hall–Kier alpha value is -6.29. The number of amides is 3.